The lowest BCUT2D eigenvalue weighted by molar-refractivity contribution is -0.147. The maximum atomic E-state index is 13.0. The molecule has 1 atom stereocenters. The summed E-state index contributed by atoms with van der Waals surface area (Å²) in [6, 6.07) is 7.95. The van der Waals surface area contributed by atoms with Crippen LogP contribution >= 0.6 is 0 Å². The van der Waals surface area contributed by atoms with E-state index in [1.54, 1.807) is 31.2 Å². The van der Waals surface area contributed by atoms with E-state index in [9.17, 15) is 18.0 Å². The number of hydrogen-bond acceptors (Lipinski definition) is 5. The number of rotatable bonds is 5. The van der Waals surface area contributed by atoms with Crippen LogP contribution in [0.2, 0.25) is 0 Å². The van der Waals surface area contributed by atoms with Crippen molar-refractivity contribution in [2.45, 2.75) is 33.2 Å². The maximum absolute atomic E-state index is 13.0. The summed E-state index contributed by atoms with van der Waals surface area (Å²) < 4.78 is 23.4. The number of nitriles is 1. The van der Waals surface area contributed by atoms with Gasteiger partial charge in [0.1, 0.15) is 5.41 Å². The van der Waals surface area contributed by atoms with Crippen LogP contribution in [0.1, 0.15) is 32.8 Å². The van der Waals surface area contributed by atoms with Crippen molar-refractivity contribution in [3.05, 3.63) is 29.8 Å². The molecule has 26 heavy (non-hydrogen) atoms. The van der Waals surface area contributed by atoms with Crippen LogP contribution in [0.5, 0.6) is 0 Å². The van der Waals surface area contributed by atoms with E-state index in [0.29, 0.717) is 24.2 Å². The number of amides is 2. The third-order valence-electron chi connectivity index (χ3n) is 4.62. The number of benzene rings is 1. The molecule has 7 nitrogen and oxygen atoms in total. The lowest BCUT2D eigenvalue weighted by Crippen LogP contribution is -2.51. The Morgan fingerprint density at radius 3 is 2.38 bits per heavy atom. The van der Waals surface area contributed by atoms with Crippen LogP contribution in [-0.4, -0.2) is 49.2 Å². The van der Waals surface area contributed by atoms with Gasteiger partial charge in [-0.05, 0) is 51.5 Å². The minimum Gasteiger partial charge on any atom is -0.338 e. The Balaban J connectivity index is 2.14. The Morgan fingerprint density at radius 1 is 1.31 bits per heavy atom. The second-order valence-electron chi connectivity index (χ2n) is 6.92. The first-order valence-electron chi connectivity index (χ1n) is 8.44. The summed E-state index contributed by atoms with van der Waals surface area (Å²) in [5.74, 6) is -0.862. The van der Waals surface area contributed by atoms with Crippen LogP contribution in [0.25, 0.3) is 0 Å². The average Bonchev–Trinajstić information content (AvgIpc) is 2.95. The highest BCUT2D eigenvalue weighted by molar-refractivity contribution is 7.91. The molecule has 140 valence electrons. The summed E-state index contributed by atoms with van der Waals surface area (Å²) in [4.78, 5) is 27.1. The Kier molecular flexibility index (Phi) is 5.71. The third kappa shape index (κ3) is 4.22. The number of carbonyl (C=O) groups excluding carboxylic acids is 2. The number of anilines is 1. The van der Waals surface area contributed by atoms with E-state index in [2.05, 4.69) is 5.32 Å². The average molecular weight is 377 g/mol. The van der Waals surface area contributed by atoms with Crippen molar-refractivity contribution < 1.29 is 18.0 Å². The summed E-state index contributed by atoms with van der Waals surface area (Å²) in [5, 5.41) is 11.5. The maximum Gasteiger partial charge on any atom is 0.239 e. The number of nitrogens with one attached hydrogen (secondary N) is 1. The molecule has 0 radical (unpaired) electrons. The molecule has 0 aromatic heterocycles. The lowest BCUT2D eigenvalue weighted by atomic mass is 9.89. The summed E-state index contributed by atoms with van der Waals surface area (Å²) in [7, 11) is -3.13. The molecule has 1 unspecified atom stereocenters. The first kappa shape index (κ1) is 19.9. The molecule has 1 N–H and O–H groups in total. The highest BCUT2D eigenvalue weighted by Gasteiger charge is 2.43. The molecule has 1 aromatic carbocycles. The van der Waals surface area contributed by atoms with Gasteiger partial charge in [0.15, 0.2) is 9.84 Å². The first-order chi connectivity index (χ1) is 12.1. The highest BCUT2D eigenvalue weighted by Crippen LogP contribution is 2.26. The van der Waals surface area contributed by atoms with E-state index in [0.717, 1.165) is 0 Å². The largest absolute Gasteiger partial charge is 0.338 e. The number of sulfone groups is 1. The smallest absolute Gasteiger partial charge is 0.239 e. The molecular formula is C18H23N3O4S. The molecule has 1 aliphatic rings. The van der Waals surface area contributed by atoms with Crippen LogP contribution in [0.3, 0.4) is 0 Å². The van der Waals surface area contributed by atoms with Crippen molar-refractivity contribution in [1.82, 2.24) is 4.90 Å². The minimum absolute atomic E-state index is 0.0557. The fourth-order valence-electron chi connectivity index (χ4n) is 2.96. The predicted octanol–water partition coefficient (Wildman–Crippen LogP) is 1.56. The molecule has 0 aliphatic carbocycles. The summed E-state index contributed by atoms with van der Waals surface area (Å²) in [5.41, 5.74) is -0.393. The lowest BCUT2D eigenvalue weighted by Gasteiger charge is -2.34. The van der Waals surface area contributed by atoms with Crippen LogP contribution in [-0.2, 0) is 19.4 Å². The quantitative estimate of drug-likeness (QED) is 0.784. The van der Waals surface area contributed by atoms with Crippen LogP contribution in [0.15, 0.2) is 24.3 Å². The number of nitrogens with zero attached hydrogens (tertiary/aromatic N) is 2. The monoisotopic (exact) mass is 377 g/mol. The van der Waals surface area contributed by atoms with Gasteiger partial charge in [0.2, 0.25) is 11.8 Å². The molecule has 0 bridgehead atoms. The SMILES string of the molecule is CCN(C(=O)C(C)(C)C(=O)Nc1ccc(C#N)cc1)C1CCS(=O)(=O)C1. The Morgan fingerprint density at radius 2 is 1.92 bits per heavy atom. The van der Waals surface area contributed by atoms with Crippen molar-refractivity contribution >= 4 is 27.3 Å². The van der Waals surface area contributed by atoms with Gasteiger partial charge in [-0.15, -0.1) is 0 Å². The van der Waals surface area contributed by atoms with E-state index in [1.807, 2.05) is 6.07 Å². The third-order valence-corrected chi connectivity index (χ3v) is 6.38. The van der Waals surface area contributed by atoms with Crippen molar-refractivity contribution in [3.63, 3.8) is 0 Å². The zero-order chi connectivity index (χ0) is 19.5. The topological polar surface area (TPSA) is 107 Å². The van der Waals surface area contributed by atoms with E-state index in [-0.39, 0.29) is 17.5 Å². The molecule has 2 amide bonds. The standard InChI is InChI=1S/C18H23N3O4S/c1-4-21(15-9-10-26(24,25)12-15)17(23)18(2,3)16(22)20-14-7-5-13(11-19)6-8-14/h5-8,15H,4,9-10,12H2,1-3H3,(H,20,22). The normalized spacial score (nSPS) is 18.8. The van der Waals surface area contributed by atoms with Gasteiger partial charge >= 0.3 is 0 Å². The van der Waals surface area contributed by atoms with Gasteiger partial charge < -0.3 is 10.2 Å². The first-order valence-corrected chi connectivity index (χ1v) is 10.3. The molecule has 0 spiro atoms. The van der Waals surface area contributed by atoms with E-state index >= 15 is 0 Å². The number of carbonyl (C=O) groups is 2. The van der Waals surface area contributed by atoms with Gasteiger partial charge in [0.05, 0.1) is 23.1 Å². The van der Waals surface area contributed by atoms with Gasteiger partial charge in [-0.25, -0.2) is 8.42 Å². The molecular weight excluding hydrogens is 354 g/mol. The van der Waals surface area contributed by atoms with E-state index in [1.165, 1.54) is 18.7 Å². The Bertz CT molecular complexity index is 838. The van der Waals surface area contributed by atoms with Crippen molar-refractivity contribution in [3.8, 4) is 6.07 Å². The Hall–Kier alpha value is -2.40. The minimum atomic E-state index is -3.13. The van der Waals surface area contributed by atoms with Gasteiger partial charge in [0.25, 0.3) is 0 Å². The van der Waals surface area contributed by atoms with Gasteiger partial charge in [-0.1, -0.05) is 0 Å². The molecule has 0 saturated carbocycles. The highest BCUT2D eigenvalue weighted by atomic mass is 32.2. The van der Waals surface area contributed by atoms with Gasteiger partial charge in [0, 0.05) is 18.3 Å². The van der Waals surface area contributed by atoms with Gasteiger partial charge in [-0.3, -0.25) is 9.59 Å². The molecule has 1 saturated heterocycles. The molecule has 1 heterocycles. The molecule has 1 aromatic rings. The molecule has 8 heteroatoms. The Labute approximate surface area is 153 Å². The molecule has 1 aliphatic heterocycles. The fraction of sp³-hybridized carbons (Fsp3) is 0.500. The fourth-order valence-corrected chi connectivity index (χ4v) is 4.69. The zero-order valence-corrected chi connectivity index (χ0v) is 16.0. The van der Waals surface area contributed by atoms with Crippen LogP contribution in [0.4, 0.5) is 5.69 Å². The predicted molar refractivity (Wildman–Crippen MR) is 98.0 cm³/mol. The van der Waals surface area contributed by atoms with Crippen LogP contribution in [0, 0.1) is 16.7 Å². The summed E-state index contributed by atoms with van der Waals surface area (Å²) in [6.07, 6.45) is 0.398. The second-order valence-corrected chi connectivity index (χ2v) is 9.15. The summed E-state index contributed by atoms with van der Waals surface area (Å²) >= 11 is 0. The van der Waals surface area contributed by atoms with E-state index in [4.69, 9.17) is 5.26 Å². The number of hydrogen-bond donors (Lipinski definition) is 1. The van der Waals surface area contributed by atoms with Gasteiger partial charge in [-0.2, -0.15) is 5.26 Å². The van der Waals surface area contributed by atoms with Crippen molar-refractivity contribution in [1.29, 1.82) is 5.26 Å². The second kappa shape index (κ2) is 7.46. The van der Waals surface area contributed by atoms with Crippen molar-refractivity contribution in [2.75, 3.05) is 23.4 Å². The van der Waals surface area contributed by atoms with Crippen LogP contribution < -0.4 is 5.32 Å². The molecule has 2 rings (SSSR count). The summed E-state index contributed by atoms with van der Waals surface area (Å²) in [6.45, 7) is 5.17. The van der Waals surface area contributed by atoms with Crippen molar-refractivity contribution in [2.24, 2.45) is 5.41 Å². The molecule has 1 fully saturated rings. The zero-order valence-electron chi connectivity index (χ0n) is 15.2. The van der Waals surface area contributed by atoms with E-state index < -0.39 is 27.1 Å².